The van der Waals surface area contributed by atoms with E-state index in [1.807, 2.05) is 13.0 Å². The Balaban J connectivity index is 2.78. The molecule has 3 heteroatoms. The van der Waals surface area contributed by atoms with Gasteiger partial charge < -0.3 is 0 Å². The summed E-state index contributed by atoms with van der Waals surface area (Å²) in [7, 11) is 0. The predicted molar refractivity (Wildman–Crippen MR) is 72.2 cm³/mol. The smallest absolute Gasteiger partial charge is 0.189 e. The van der Waals surface area contributed by atoms with E-state index in [9.17, 15) is 9.18 Å². The lowest BCUT2D eigenvalue weighted by atomic mass is 10.00. The average Bonchev–Trinajstić information content (AvgIpc) is 2.60. The first kappa shape index (κ1) is 13.0. The van der Waals surface area contributed by atoms with Gasteiger partial charge in [0.05, 0.1) is 11.6 Å². The fourth-order valence-electron chi connectivity index (χ4n) is 1.98. The van der Waals surface area contributed by atoms with Crippen LogP contribution in [-0.4, -0.2) is 0 Å². The summed E-state index contributed by atoms with van der Waals surface area (Å²) < 4.78 is 13.1. The normalized spacial score (nSPS) is 9.95. The fraction of sp³-hybridized carbons (Fsp3) is 0.125. The fourth-order valence-corrected chi connectivity index (χ4v) is 1.98. The van der Waals surface area contributed by atoms with E-state index in [0.717, 1.165) is 6.07 Å². The highest BCUT2D eigenvalue weighted by atomic mass is 19.1. The second-order valence-electron chi connectivity index (χ2n) is 4.14. The van der Waals surface area contributed by atoms with Crippen molar-refractivity contribution in [2.24, 2.45) is 0 Å². The topological polar surface area (TPSA) is 40.9 Å². The van der Waals surface area contributed by atoms with Gasteiger partial charge in [0.1, 0.15) is 5.82 Å². The first-order chi connectivity index (χ1) is 9.17. The number of halogens is 1. The van der Waals surface area contributed by atoms with Gasteiger partial charge in [0.25, 0.3) is 0 Å². The number of hydrogen-bond donors (Lipinski definition) is 0. The lowest BCUT2D eigenvalue weighted by Gasteiger charge is -2.02. The molecule has 0 radical (unpaired) electrons. The van der Waals surface area contributed by atoms with Crippen LogP contribution in [0.15, 0.2) is 47.3 Å². The van der Waals surface area contributed by atoms with Gasteiger partial charge in [0.15, 0.2) is 5.43 Å². The van der Waals surface area contributed by atoms with Crippen LogP contribution in [0.3, 0.4) is 0 Å². The molecule has 0 atom stereocenters. The summed E-state index contributed by atoms with van der Waals surface area (Å²) in [6.07, 6.45) is 0.615. The second kappa shape index (κ2) is 5.45. The Labute approximate surface area is 110 Å². The zero-order valence-corrected chi connectivity index (χ0v) is 10.5. The largest absolute Gasteiger partial charge is 0.289 e. The molecule has 0 saturated heterocycles. The van der Waals surface area contributed by atoms with Crippen molar-refractivity contribution in [3.63, 3.8) is 0 Å². The highest BCUT2D eigenvalue weighted by Crippen LogP contribution is 2.21. The molecule has 2 aromatic carbocycles. The van der Waals surface area contributed by atoms with Crippen LogP contribution in [0, 0.1) is 17.1 Å². The van der Waals surface area contributed by atoms with E-state index in [1.165, 1.54) is 12.1 Å². The van der Waals surface area contributed by atoms with E-state index in [2.05, 4.69) is 0 Å². The van der Waals surface area contributed by atoms with Crippen LogP contribution >= 0.6 is 0 Å². The van der Waals surface area contributed by atoms with E-state index in [-0.39, 0.29) is 11.0 Å². The maximum Gasteiger partial charge on any atom is 0.189 e. The predicted octanol–water partition coefficient (Wildman–Crippen LogP) is 3.29. The molecule has 0 spiro atoms. The molecule has 0 N–H and O–H groups in total. The van der Waals surface area contributed by atoms with Crippen molar-refractivity contribution in [2.45, 2.75) is 13.3 Å². The first-order valence-corrected chi connectivity index (χ1v) is 5.99. The molecule has 2 nitrogen and oxygen atoms in total. The summed E-state index contributed by atoms with van der Waals surface area (Å²) in [4.78, 5) is 12.4. The van der Waals surface area contributed by atoms with Crippen LogP contribution in [0.2, 0.25) is 0 Å². The van der Waals surface area contributed by atoms with Crippen molar-refractivity contribution in [2.75, 3.05) is 0 Å². The van der Waals surface area contributed by atoms with Crippen molar-refractivity contribution in [3.8, 4) is 17.2 Å². The average molecular weight is 253 g/mol. The maximum atomic E-state index is 13.1. The van der Waals surface area contributed by atoms with Crippen LogP contribution in [0.25, 0.3) is 11.1 Å². The minimum absolute atomic E-state index is 0.115. The Hall–Kier alpha value is -2.47. The Bertz CT molecular complexity index is 717. The van der Waals surface area contributed by atoms with E-state index in [1.54, 1.807) is 24.3 Å². The zero-order chi connectivity index (χ0) is 13.8. The van der Waals surface area contributed by atoms with Crippen molar-refractivity contribution in [3.05, 3.63) is 69.6 Å². The first-order valence-electron chi connectivity index (χ1n) is 5.99. The maximum absolute atomic E-state index is 13.1. The zero-order valence-electron chi connectivity index (χ0n) is 10.5. The van der Waals surface area contributed by atoms with Crippen LogP contribution in [0.5, 0.6) is 0 Å². The van der Waals surface area contributed by atoms with Crippen LogP contribution in [0.4, 0.5) is 4.39 Å². The molecule has 0 fully saturated rings. The molecule has 0 unspecified atom stereocenters. The highest BCUT2D eigenvalue weighted by Gasteiger charge is 2.10. The molecule has 2 rings (SSSR count). The number of aryl methyl sites for hydroxylation is 1. The monoisotopic (exact) mass is 253 g/mol. The SMILES string of the molecule is CCc1ccccc(-c2ccc(F)cc2C#N)c1=O. The Morgan fingerprint density at radius 1 is 1.16 bits per heavy atom. The number of nitrogens with zero attached hydrogens (tertiary/aromatic N) is 1. The highest BCUT2D eigenvalue weighted by molar-refractivity contribution is 5.70. The van der Waals surface area contributed by atoms with Crippen molar-refractivity contribution in [1.29, 1.82) is 5.26 Å². The molecule has 0 saturated carbocycles. The van der Waals surface area contributed by atoms with Crippen molar-refractivity contribution >= 4 is 0 Å². The van der Waals surface area contributed by atoms with Gasteiger partial charge in [-0.3, -0.25) is 4.79 Å². The quantitative estimate of drug-likeness (QED) is 0.824. The summed E-state index contributed by atoms with van der Waals surface area (Å²) in [5.41, 5.74) is 1.63. The van der Waals surface area contributed by atoms with Crippen LogP contribution in [0.1, 0.15) is 18.1 Å². The molecular weight excluding hydrogens is 241 g/mol. The Morgan fingerprint density at radius 3 is 2.58 bits per heavy atom. The molecule has 0 aliphatic carbocycles. The second-order valence-corrected chi connectivity index (χ2v) is 4.14. The molecule has 94 valence electrons. The van der Waals surface area contributed by atoms with Crippen LogP contribution < -0.4 is 5.43 Å². The number of benzene rings is 1. The number of nitriles is 1. The summed E-state index contributed by atoms with van der Waals surface area (Å²) in [5, 5.41) is 9.07. The Kier molecular flexibility index (Phi) is 3.72. The lowest BCUT2D eigenvalue weighted by Crippen LogP contribution is -2.08. The minimum atomic E-state index is -0.483. The van der Waals surface area contributed by atoms with Gasteiger partial charge in [-0.2, -0.15) is 5.26 Å². The summed E-state index contributed by atoms with van der Waals surface area (Å²) in [6.45, 7) is 1.90. The molecule has 0 aliphatic rings. The van der Waals surface area contributed by atoms with E-state index in [0.29, 0.717) is 23.1 Å². The van der Waals surface area contributed by atoms with Gasteiger partial charge in [0.2, 0.25) is 0 Å². The summed E-state index contributed by atoms with van der Waals surface area (Å²) in [5.74, 6) is -0.483. The Morgan fingerprint density at radius 2 is 1.89 bits per heavy atom. The van der Waals surface area contributed by atoms with E-state index in [4.69, 9.17) is 5.26 Å². The molecule has 0 amide bonds. The van der Waals surface area contributed by atoms with Gasteiger partial charge in [-0.05, 0) is 24.1 Å². The molecule has 0 bridgehead atoms. The molecule has 19 heavy (non-hydrogen) atoms. The molecule has 0 heterocycles. The van der Waals surface area contributed by atoms with Gasteiger partial charge in [-0.15, -0.1) is 0 Å². The van der Waals surface area contributed by atoms with Gasteiger partial charge >= 0.3 is 0 Å². The van der Waals surface area contributed by atoms with Gasteiger partial charge in [-0.25, -0.2) is 4.39 Å². The van der Waals surface area contributed by atoms with Crippen LogP contribution in [-0.2, 0) is 6.42 Å². The van der Waals surface area contributed by atoms with Crippen molar-refractivity contribution in [1.82, 2.24) is 0 Å². The summed E-state index contributed by atoms with van der Waals surface area (Å²) in [6, 6.07) is 12.8. The molecule has 2 aromatic rings. The third kappa shape index (κ3) is 2.53. The third-order valence-electron chi connectivity index (χ3n) is 2.98. The third-order valence-corrected chi connectivity index (χ3v) is 2.98. The minimum Gasteiger partial charge on any atom is -0.289 e. The molecule has 0 aliphatic heterocycles. The van der Waals surface area contributed by atoms with Crippen molar-refractivity contribution < 1.29 is 4.39 Å². The standard InChI is InChI=1S/C16H12FNO/c1-2-11-5-3-4-6-15(16(11)19)14-8-7-13(17)9-12(14)10-18/h3-9H,2H2,1H3. The van der Waals surface area contributed by atoms with Gasteiger partial charge in [-0.1, -0.05) is 37.3 Å². The molecule has 0 aromatic heterocycles. The lowest BCUT2D eigenvalue weighted by molar-refractivity contribution is 0.627. The van der Waals surface area contributed by atoms with E-state index >= 15 is 0 Å². The van der Waals surface area contributed by atoms with Gasteiger partial charge in [0, 0.05) is 11.1 Å². The van der Waals surface area contributed by atoms with E-state index < -0.39 is 5.82 Å². The number of rotatable bonds is 2. The summed E-state index contributed by atoms with van der Waals surface area (Å²) >= 11 is 0. The number of hydrogen-bond acceptors (Lipinski definition) is 2. The molecular formula is C16H12FNO.